The highest BCUT2D eigenvalue weighted by Gasteiger charge is 2.62. The van der Waals surface area contributed by atoms with Crippen molar-refractivity contribution in [2.24, 2.45) is 11.8 Å². The molecule has 4 fully saturated rings. The molecule has 5 amide bonds. The lowest BCUT2D eigenvalue weighted by atomic mass is 10.1. The largest absolute Gasteiger partial charge is 0.444 e. The van der Waals surface area contributed by atoms with Gasteiger partial charge in [0, 0.05) is 30.9 Å². The van der Waals surface area contributed by atoms with Crippen LogP contribution in [-0.2, 0) is 51.8 Å². The van der Waals surface area contributed by atoms with E-state index in [-0.39, 0.29) is 51.1 Å². The molecule has 15 nitrogen and oxygen atoms in total. The van der Waals surface area contributed by atoms with Crippen molar-refractivity contribution in [2.75, 3.05) is 6.54 Å². The lowest BCUT2D eigenvalue weighted by molar-refractivity contribution is -0.141. The van der Waals surface area contributed by atoms with Crippen molar-refractivity contribution >= 4 is 45.7 Å². The smallest absolute Gasteiger partial charge is 0.410 e. The predicted molar refractivity (Wildman–Crippen MR) is 195 cm³/mol. The molecule has 0 bridgehead atoms. The van der Waals surface area contributed by atoms with Gasteiger partial charge in [0.25, 0.3) is 5.91 Å². The summed E-state index contributed by atoms with van der Waals surface area (Å²) in [5.41, 5.74) is -1.62. The Balaban J connectivity index is 1.23. The van der Waals surface area contributed by atoms with Gasteiger partial charge in [-0.1, -0.05) is 24.3 Å². The fourth-order valence-corrected chi connectivity index (χ4v) is 8.29. The van der Waals surface area contributed by atoms with Gasteiger partial charge in [0.1, 0.15) is 35.1 Å². The van der Waals surface area contributed by atoms with E-state index in [0.29, 0.717) is 29.9 Å². The number of nitrogens with one attached hydrogen (secondary N) is 3. The number of nitrogens with zero attached hydrogens (tertiary/aromatic N) is 2. The Morgan fingerprint density at radius 2 is 1.82 bits per heavy atom. The van der Waals surface area contributed by atoms with E-state index in [9.17, 15) is 41.6 Å². The van der Waals surface area contributed by atoms with Crippen molar-refractivity contribution < 1.29 is 51.0 Å². The van der Waals surface area contributed by atoms with Crippen molar-refractivity contribution in [3.05, 3.63) is 60.0 Å². The van der Waals surface area contributed by atoms with Crippen LogP contribution in [0.2, 0.25) is 0 Å². The zero-order valence-corrected chi connectivity index (χ0v) is 32.0. The third-order valence-electron chi connectivity index (χ3n) is 10.4. The van der Waals surface area contributed by atoms with Crippen LogP contribution < -0.4 is 15.4 Å². The van der Waals surface area contributed by atoms with Crippen LogP contribution >= 0.6 is 0 Å². The number of fused-ring (bicyclic) bond motifs is 1. The number of hydrogen-bond acceptors (Lipinski definition) is 10. The van der Waals surface area contributed by atoms with Crippen LogP contribution in [0.4, 0.5) is 14.0 Å². The summed E-state index contributed by atoms with van der Waals surface area (Å²) < 4.78 is 53.1. The standard InChI is InChI=1S/C38H48FN5O10S/c1-5-24-18-38(24,34(48)42-55(51,52)27-14-15-27)41-32(46)31-17-26(53-36(50)43-19-23-7-6-8-29(39)28(23)21-43)20-44(31)33(47)30(40-35(49)54-37(2,3)4)16-13-25(45)12-11-22-9-10-22/h5-8,11-12,22,24,26-27,30-31H,1,9-10,13-21H2,2-4H3,(H,40,49)(H,41,46)(H,42,48)/b12-11+/t24?,26-,30+,31?,38?/m1/s1. The molecule has 3 aliphatic carbocycles. The molecule has 3 unspecified atom stereocenters. The van der Waals surface area contributed by atoms with Gasteiger partial charge in [-0.25, -0.2) is 22.4 Å². The minimum atomic E-state index is -3.97. The number of benzene rings is 1. The molecule has 2 aliphatic heterocycles. The number of ketones is 1. The predicted octanol–water partition coefficient (Wildman–Crippen LogP) is 3.13. The number of amides is 5. The highest BCUT2D eigenvalue weighted by Crippen LogP contribution is 2.45. The Kier molecular flexibility index (Phi) is 11.2. The first-order valence-corrected chi connectivity index (χ1v) is 20.2. The van der Waals surface area contributed by atoms with Gasteiger partial charge in [0.15, 0.2) is 5.78 Å². The summed E-state index contributed by atoms with van der Waals surface area (Å²) in [6, 6.07) is 1.82. The average molecular weight is 786 g/mol. The van der Waals surface area contributed by atoms with Crippen LogP contribution in [0.15, 0.2) is 43.0 Å². The van der Waals surface area contributed by atoms with Crippen molar-refractivity contribution in [2.45, 2.75) is 120 Å². The van der Waals surface area contributed by atoms with Crippen LogP contribution in [0.25, 0.3) is 0 Å². The van der Waals surface area contributed by atoms with E-state index in [4.69, 9.17) is 9.47 Å². The Hall–Kier alpha value is -4.80. The first kappa shape index (κ1) is 39.9. The van der Waals surface area contributed by atoms with Gasteiger partial charge in [-0.3, -0.25) is 28.8 Å². The highest BCUT2D eigenvalue weighted by atomic mass is 32.2. The number of hydrogen-bond donors (Lipinski definition) is 3. The molecule has 1 saturated heterocycles. The number of sulfonamides is 1. The molecular weight excluding hydrogens is 738 g/mol. The van der Waals surface area contributed by atoms with Crippen LogP contribution in [-0.4, -0.2) is 95.0 Å². The summed E-state index contributed by atoms with van der Waals surface area (Å²) in [6.45, 7) is 8.36. The molecule has 5 atom stereocenters. The number of alkyl carbamates (subject to hydrolysis) is 1. The van der Waals surface area contributed by atoms with E-state index in [1.165, 1.54) is 29.2 Å². The van der Waals surface area contributed by atoms with Gasteiger partial charge < -0.3 is 25.0 Å². The summed E-state index contributed by atoms with van der Waals surface area (Å²) >= 11 is 0. The molecule has 1 aromatic rings. The van der Waals surface area contributed by atoms with E-state index in [2.05, 4.69) is 21.9 Å². The molecule has 0 radical (unpaired) electrons. The molecular formula is C38H48FN5O10S. The third-order valence-corrected chi connectivity index (χ3v) is 12.2. The van der Waals surface area contributed by atoms with Gasteiger partial charge in [-0.15, -0.1) is 6.58 Å². The molecule has 55 heavy (non-hydrogen) atoms. The van der Waals surface area contributed by atoms with Crippen LogP contribution in [0.1, 0.15) is 83.3 Å². The Bertz CT molecular complexity index is 1910. The maximum absolute atomic E-state index is 14.4. The van der Waals surface area contributed by atoms with Gasteiger partial charge in [-0.2, -0.15) is 0 Å². The summed E-state index contributed by atoms with van der Waals surface area (Å²) in [6.07, 6.45) is 4.25. The Morgan fingerprint density at radius 1 is 1.09 bits per heavy atom. The summed E-state index contributed by atoms with van der Waals surface area (Å²) in [4.78, 5) is 83.5. The molecule has 0 aromatic heterocycles. The molecule has 3 saturated carbocycles. The number of ether oxygens (including phenoxy) is 2. The lowest BCUT2D eigenvalue weighted by Gasteiger charge is -2.30. The zero-order chi connectivity index (χ0) is 39.9. The fourth-order valence-electron chi connectivity index (χ4n) is 6.93. The van der Waals surface area contributed by atoms with Crippen LogP contribution in [0, 0.1) is 17.7 Å². The Labute approximate surface area is 319 Å². The van der Waals surface area contributed by atoms with Crippen LogP contribution in [0.5, 0.6) is 0 Å². The van der Waals surface area contributed by atoms with Gasteiger partial charge in [0.2, 0.25) is 21.8 Å². The van der Waals surface area contributed by atoms with Gasteiger partial charge in [-0.05, 0) is 82.9 Å². The molecule has 2 heterocycles. The van der Waals surface area contributed by atoms with Crippen molar-refractivity contribution in [3.8, 4) is 0 Å². The molecule has 0 spiro atoms. The Morgan fingerprint density at radius 3 is 2.44 bits per heavy atom. The second-order valence-electron chi connectivity index (χ2n) is 16.1. The number of halogens is 1. The van der Waals surface area contributed by atoms with E-state index in [1.54, 1.807) is 26.8 Å². The molecule has 3 N–H and O–H groups in total. The average Bonchev–Trinajstić information content (AvgIpc) is 4.04. The van der Waals surface area contributed by atoms with Gasteiger partial charge in [0.05, 0.1) is 18.3 Å². The monoisotopic (exact) mass is 785 g/mol. The minimum absolute atomic E-state index is 0.0461. The highest BCUT2D eigenvalue weighted by molar-refractivity contribution is 7.91. The van der Waals surface area contributed by atoms with Crippen LogP contribution in [0.3, 0.4) is 0 Å². The molecule has 6 rings (SSSR count). The SMILES string of the molecule is C=CC1CC1(NC(=O)C1C[C@@H](OC(=O)N2Cc3cccc(F)c3C2)CN1C(=O)[C@H](CCC(=O)/C=C/C1CC1)NC(=O)OC(C)(C)C)C(=O)NS(=O)(=O)C1CC1. The maximum Gasteiger partial charge on any atom is 0.410 e. The number of allylic oxidation sites excluding steroid dienone is 2. The number of likely N-dealkylation sites (tertiary alicyclic amines) is 1. The first-order chi connectivity index (χ1) is 25.9. The van der Waals surface area contributed by atoms with Crippen molar-refractivity contribution in [1.82, 2.24) is 25.2 Å². The summed E-state index contributed by atoms with van der Waals surface area (Å²) in [5, 5.41) is 4.51. The fraction of sp³-hybridized carbons (Fsp3) is 0.579. The number of rotatable bonds is 14. The molecule has 17 heteroatoms. The topological polar surface area (TPSA) is 198 Å². The molecule has 1 aromatic carbocycles. The van der Waals surface area contributed by atoms with Gasteiger partial charge >= 0.3 is 12.2 Å². The van der Waals surface area contributed by atoms with Crippen molar-refractivity contribution in [1.29, 1.82) is 0 Å². The van der Waals surface area contributed by atoms with Crippen molar-refractivity contribution in [3.63, 3.8) is 0 Å². The quantitative estimate of drug-likeness (QED) is 0.186. The van der Waals surface area contributed by atoms with E-state index in [1.807, 2.05) is 6.08 Å². The maximum atomic E-state index is 14.4. The van der Waals surface area contributed by atoms with E-state index < -0.39 is 86.2 Å². The second kappa shape index (κ2) is 15.4. The minimum Gasteiger partial charge on any atom is -0.444 e. The first-order valence-electron chi connectivity index (χ1n) is 18.6. The molecule has 298 valence electrons. The van der Waals surface area contributed by atoms with E-state index in [0.717, 1.165) is 17.7 Å². The third kappa shape index (κ3) is 9.54. The van der Waals surface area contributed by atoms with E-state index >= 15 is 0 Å². The number of carbonyl (C=O) groups excluding carboxylic acids is 6. The summed E-state index contributed by atoms with van der Waals surface area (Å²) in [5.74, 6) is -3.54. The number of carbonyl (C=O) groups is 6. The zero-order valence-electron chi connectivity index (χ0n) is 31.2. The lowest BCUT2D eigenvalue weighted by Crippen LogP contribution is -2.58. The summed E-state index contributed by atoms with van der Waals surface area (Å²) in [7, 11) is -3.97. The molecule has 5 aliphatic rings. The second-order valence-corrected chi connectivity index (χ2v) is 18.0. The normalized spacial score (nSPS) is 25.1.